The van der Waals surface area contributed by atoms with Crippen LogP contribution in [0.2, 0.25) is 0 Å². The Hall–Kier alpha value is -2.03. The zero-order valence-electron chi connectivity index (χ0n) is 12.5. The Kier molecular flexibility index (Phi) is 4.09. The number of amides is 1. The van der Waals surface area contributed by atoms with Crippen LogP contribution in [0.5, 0.6) is 0 Å². The molecule has 1 amide bonds. The molecule has 0 radical (unpaired) electrons. The molecule has 0 N–H and O–H groups in total. The molecule has 0 atom stereocenters. The monoisotopic (exact) mass is 282 g/mol. The molecule has 1 saturated carbocycles. The van der Waals surface area contributed by atoms with E-state index in [-0.39, 0.29) is 5.91 Å². The highest BCUT2D eigenvalue weighted by molar-refractivity contribution is 5.94. The van der Waals surface area contributed by atoms with Crippen LogP contribution < -0.4 is 0 Å². The molecule has 2 aromatic rings. The van der Waals surface area contributed by atoms with E-state index in [0.29, 0.717) is 6.04 Å². The molecule has 1 heterocycles. The first-order chi connectivity index (χ1) is 10.3. The number of nitrogens with zero attached hydrogens (tertiary/aromatic N) is 2. The van der Waals surface area contributed by atoms with Crippen molar-refractivity contribution in [3.05, 3.63) is 54.4 Å². The lowest BCUT2D eigenvalue weighted by molar-refractivity contribution is 0.0693. The molecule has 1 aliphatic carbocycles. The average Bonchev–Trinajstić information content (AvgIpc) is 3.22. The fraction of sp³-hybridized carbons (Fsp3) is 0.389. The molecule has 0 saturated heterocycles. The third kappa shape index (κ3) is 2.87. The zero-order valence-corrected chi connectivity index (χ0v) is 12.5. The third-order valence-corrected chi connectivity index (χ3v) is 4.38. The van der Waals surface area contributed by atoms with Gasteiger partial charge in [-0.3, -0.25) is 4.79 Å². The summed E-state index contributed by atoms with van der Waals surface area (Å²) in [4.78, 5) is 14.7. The number of carbonyl (C=O) groups is 1. The summed E-state index contributed by atoms with van der Waals surface area (Å²) >= 11 is 0. The molecule has 3 nitrogen and oxygen atoms in total. The minimum atomic E-state index is 0.170. The van der Waals surface area contributed by atoms with Crippen LogP contribution in [-0.2, 0) is 0 Å². The van der Waals surface area contributed by atoms with Crippen LogP contribution in [-0.4, -0.2) is 28.0 Å². The molecule has 3 rings (SSSR count). The normalized spacial score (nSPS) is 15.3. The van der Waals surface area contributed by atoms with Gasteiger partial charge in [0.05, 0.1) is 0 Å². The largest absolute Gasteiger partial charge is 0.336 e. The summed E-state index contributed by atoms with van der Waals surface area (Å²) in [5, 5.41) is 0. The van der Waals surface area contributed by atoms with Gasteiger partial charge in [-0.05, 0) is 56.2 Å². The minimum Gasteiger partial charge on any atom is -0.336 e. The maximum atomic E-state index is 12.7. The van der Waals surface area contributed by atoms with Gasteiger partial charge in [0.25, 0.3) is 5.91 Å². The van der Waals surface area contributed by atoms with Crippen molar-refractivity contribution in [2.45, 2.75) is 38.6 Å². The second-order valence-electron chi connectivity index (χ2n) is 5.67. The quantitative estimate of drug-likeness (QED) is 0.835. The highest BCUT2D eigenvalue weighted by Crippen LogP contribution is 2.25. The standard InChI is InChI=1S/C18H22N2O/c1-2-20(17-7-3-4-8-17)18(21)15-9-11-16(12-10-15)19-13-5-6-14-19/h5-6,9-14,17H,2-4,7-8H2,1H3. The first kappa shape index (κ1) is 13.9. The van der Waals surface area contributed by atoms with Gasteiger partial charge in [-0.15, -0.1) is 0 Å². The summed E-state index contributed by atoms with van der Waals surface area (Å²) in [6.07, 6.45) is 8.82. The van der Waals surface area contributed by atoms with Gasteiger partial charge in [0.2, 0.25) is 0 Å². The van der Waals surface area contributed by atoms with Crippen LogP contribution in [0, 0.1) is 0 Å². The molecule has 0 unspecified atom stereocenters. The Morgan fingerprint density at radius 1 is 1.14 bits per heavy atom. The van der Waals surface area contributed by atoms with E-state index in [1.165, 1.54) is 12.8 Å². The Morgan fingerprint density at radius 3 is 2.33 bits per heavy atom. The van der Waals surface area contributed by atoms with E-state index in [9.17, 15) is 4.79 Å². The number of rotatable bonds is 4. The van der Waals surface area contributed by atoms with Crippen LogP contribution in [0.4, 0.5) is 0 Å². The predicted octanol–water partition coefficient (Wildman–Crippen LogP) is 3.88. The Balaban J connectivity index is 1.77. The molecule has 0 bridgehead atoms. The summed E-state index contributed by atoms with van der Waals surface area (Å²) < 4.78 is 2.04. The Bertz CT molecular complexity index is 580. The fourth-order valence-electron chi connectivity index (χ4n) is 3.23. The SMILES string of the molecule is CCN(C(=O)c1ccc(-n2cccc2)cc1)C1CCCC1. The van der Waals surface area contributed by atoms with Gasteiger partial charge < -0.3 is 9.47 Å². The van der Waals surface area contributed by atoms with Crippen molar-refractivity contribution >= 4 is 5.91 Å². The summed E-state index contributed by atoms with van der Waals surface area (Å²) in [5.41, 5.74) is 1.88. The first-order valence-electron chi connectivity index (χ1n) is 7.84. The van der Waals surface area contributed by atoms with Gasteiger partial charge in [0, 0.05) is 36.2 Å². The molecule has 1 fully saturated rings. The molecule has 0 aliphatic heterocycles. The van der Waals surface area contributed by atoms with Crippen LogP contribution >= 0.6 is 0 Å². The second kappa shape index (κ2) is 6.17. The van der Waals surface area contributed by atoms with E-state index in [4.69, 9.17) is 0 Å². The summed E-state index contributed by atoms with van der Waals surface area (Å²) in [6.45, 7) is 2.87. The van der Waals surface area contributed by atoms with Crippen molar-refractivity contribution in [1.29, 1.82) is 0 Å². The maximum Gasteiger partial charge on any atom is 0.254 e. The molecule has 3 heteroatoms. The van der Waals surface area contributed by atoms with Crippen molar-refractivity contribution < 1.29 is 4.79 Å². The fourth-order valence-corrected chi connectivity index (χ4v) is 3.23. The number of carbonyl (C=O) groups excluding carboxylic acids is 1. The van der Waals surface area contributed by atoms with Crippen LogP contribution in [0.25, 0.3) is 5.69 Å². The average molecular weight is 282 g/mol. The van der Waals surface area contributed by atoms with Crippen molar-refractivity contribution in [1.82, 2.24) is 9.47 Å². The topological polar surface area (TPSA) is 25.2 Å². The Labute approximate surface area is 126 Å². The summed E-state index contributed by atoms with van der Waals surface area (Å²) in [5.74, 6) is 0.170. The summed E-state index contributed by atoms with van der Waals surface area (Å²) in [6, 6.07) is 12.3. The zero-order chi connectivity index (χ0) is 14.7. The van der Waals surface area contributed by atoms with Crippen molar-refractivity contribution in [2.24, 2.45) is 0 Å². The molecular formula is C18H22N2O. The third-order valence-electron chi connectivity index (χ3n) is 4.38. The van der Waals surface area contributed by atoms with E-state index >= 15 is 0 Å². The lowest BCUT2D eigenvalue weighted by atomic mass is 10.1. The number of hydrogen-bond acceptors (Lipinski definition) is 1. The van der Waals surface area contributed by atoms with Gasteiger partial charge in [0.15, 0.2) is 0 Å². The van der Waals surface area contributed by atoms with Crippen molar-refractivity contribution in [3.8, 4) is 5.69 Å². The summed E-state index contributed by atoms with van der Waals surface area (Å²) in [7, 11) is 0. The maximum absolute atomic E-state index is 12.7. The predicted molar refractivity (Wildman–Crippen MR) is 84.7 cm³/mol. The van der Waals surface area contributed by atoms with Gasteiger partial charge in [-0.1, -0.05) is 12.8 Å². The van der Waals surface area contributed by atoms with Gasteiger partial charge in [0.1, 0.15) is 0 Å². The highest BCUT2D eigenvalue weighted by atomic mass is 16.2. The molecule has 1 aromatic heterocycles. The molecule has 1 aliphatic rings. The lowest BCUT2D eigenvalue weighted by Crippen LogP contribution is -2.38. The Morgan fingerprint density at radius 2 is 1.76 bits per heavy atom. The first-order valence-corrected chi connectivity index (χ1v) is 7.84. The van der Waals surface area contributed by atoms with E-state index in [2.05, 4.69) is 6.92 Å². The highest BCUT2D eigenvalue weighted by Gasteiger charge is 2.25. The van der Waals surface area contributed by atoms with Gasteiger partial charge in [-0.25, -0.2) is 0 Å². The van der Waals surface area contributed by atoms with E-state index in [1.54, 1.807) is 0 Å². The molecule has 110 valence electrons. The second-order valence-corrected chi connectivity index (χ2v) is 5.67. The molecule has 1 aromatic carbocycles. The van der Waals surface area contributed by atoms with Crippen molar-refractivity contribution in [3.63, 3.8) is 0 Å². The molecular weight excluding hydrogens is 260 g/mol. The number of aromatic nitrogens is 1. The minimum absolute atomic E-state index is 0.170. The molecule has 21 heavy (non-hydrogen) atoms. The van der Waals surface area contributed by atoms with Crippen LogP contribution in [0.1, 0.15) is 43.0 Å². The number of benzene rings is 1. The molecule has 0 spiro atoms. The van der Waals surface area contributed by atoms with E-state index < -0.39 is 0 Å². The van der Waals surface area contributed by atoms with E-state index in [1.807, 2.05) is 58.3 Å². The van der Waals surface area contributed by atoms with Gasteiger partial charge in [-0.2, -0.15) is 0 Å². The lowest BCUT2D eigenvalue weighted by Gasteiger charge is -2.27. The van der Waals surface area contributed by atoms with Crippen LogP contribution in [0.3, 0.4) is 0 Å². The van der Waals surface area contributed by atoms with Crippen molar-refractivity contribution in [2.75, 3.05) is 6.54 Å². The van der Waals surface area contributed by atoms with Gasteiger partial charge >= 0.3 is 0 Å². The van der Waals surface area contributed by atoms with Crippen LogP contribution in [0.15, 0.2) is 48.8 Å². The number of hydrogen-bond donors (Lipinski definition) is 0. The van der Waals surface area contributed by atoms with E-state index in [0.717, 1.165) is 30.6 Å². The smallest absolute Gasteiger partial charge is 0.254 e.